The summed E-state index contributed by atoms with van der Waals surface area (Å²) in [5.74, 6) is 1.68. The van der Waals surface area contributed by atoms with Gasteiger partial charge in [-0.3, -0.25) is 4.99 Å². The maximum atomic E-state index is 4.58. The van der Waals surface area contributed by atoms with Gasteiger partial charge in [0.2, 0.25) is 0 Å². The Morgan fingerprint density at radius 3 is 2.77 bits per heavy atom. The summed E-state index contributed by atoms with van der Waals surface area (Å²) in [6.07, 6.45) is 9.58. The minimum absolute atomic E-state index is 0.296. The zero-order valence-electron chi connectivity index (χ0n) is 15.8. The monoisotopic (exact) mass is 351 g/mol. The number of imidazole rings is 1. The molecule has 2 atom stereocenters. The normalized spacial score (nSPS) is 25.2. The Balaban J connectivity index is 1.42. The van der Waals surface area contributed by atoms with Crippen molar-refractivity contribution < 1.29 is 0 Å². The first-order chi connectivity index (χ1) is 12.7. The molecule has 5 heteroatoms. The molecule has 2 aliphatic rings. The predicted molar refractivity (Wildman–Crippen MR) is 105 cm³/mol. The van der Waals surface area contributed by atoms with Crippen molar-refractivity contribution in [2.24, 2.45) is 10.9 Å². The first-order valence-corrected chi connectivity index (χ1v) is 9.70. The molecule has 0 bridgehead atoms. The van der Waals surface area contributed by atoms with Crippen LogP contribution in [0.25, 0.3) is 0 Å². The van der Waals surface area contributed by atoms with Crippen LogP contribution < -0.4 is 5.32 Å². The summed E-state index contributed by atoms with van der Waals surface area (Å²) in [7, 11) is 1.90. The number of aliphatic imine (C=N–C) groups is 1. The zero-order valence-corrected chi connectivity index (χ0v) is 15.8. The van der Waals surface area contributed by atoms with Gasteiger partial charge in [-0.25, -0.2) is 4.98 Å². The largest absolute Gasteiger partial charge is 0.355 e. The number of rotatable bonds is 4. The Labute approximate surface area is 156 Å². The van der Waals surface area contributed by atoms with Crippen LogP contribution in [0.15, 0.2) is 54.0 Å². The summed E-state index contributed by atoms with van der Waals surface area (Å²) in [5.41, 5.74) is 1.75. The van der Waals surface area contributed by atoms with Gasteiger partial charge in [-0.2, -0.15) is 0 Å². The van der Waals surface area contributed by atoms with Crippen LogP contribution in [0.3, 0.4) is 0 Å². The predicted octanol–water partition coefficient (Wildman–Crippen LogP) is 3.07. The van der Waals surface area contributed by atoms with Gasteiger partial charge >= 0.3 is 0 Å². The highest BCUT2D eigenvalue weighted by atomic mass is 15.3. The molecule has 138 valence electrons. The summed E-state index contributed by atoms with van der Waals surface area (Å²) in [5, 5.41) is 3.67. The van der Waals surface area contributed by atoms with Crippen LogP contribution in [0, 0.1) is 5.92 Å². The van der Waals surface area contributed by atoms with Gasteiger partial charge in [-0.15, -0.1) is 0 Å². The van der Waals surface area contributed by atoms with E-state index in [1.807, 2.05) is 19.6 Å². The second-order valence-electron chi connectivity index (χ2n) is 7.84. The molecule has 1 N–H and O–H groups in total. The van der Waals surface area contributed by atoms with E-state index in [2.05, 4.69) is 68.2 Å². The molecule has 26 heavy (non-hydrogen) atoms. The highest BCUT2D eigenvalue weighted by Crippen LogP contribution is 2.47. The van der Waals surface area contributed by atoms with Gasteiger partial charge in [-0.1, -0.05) is 37.3 Å². The average Bonchev–Trinajstić information content (AvgIpc) is 3.28. The third kappa shape index (κ3) is 3.35. The quantitative estimate of drug-likeness (QED) is 0.680. The van der Waals surface area contributed by atoms with Crippen LogP contribution in [0.4, 0.5) is 0 Å². The molecule has 1 aliphatic carbocycles. The van der Waals surface area contributed by atoms with Crippen LogP contribution in [-0.2, 0) is 5.41 Å². The van der Waals surface area contributed by atoms with Gasteiger partial charge in [0.05, 0.1) is 12.4 Å². The van der Waals surface area contributed by atoms with Gasteiger partial charge in [0.25, 0.3) is 0 Å². The first-order valence-electron chi connectivity index (χ1n) is 9.70. The third-order valence-electron chi connectivity index (χ3n) is 6.16. The minimum atomic E-state index is 0.296. The summed E-state index contributed by atoms with van der Waals surface area (Å²) in [4.78, 5) is 11.2. The van der Waals surface area contributed by atoms with Crippen molar-refractivity contribution in [3.05, 3.63) is 54.6 Å². The van der Waals surface area contributed by atoms with Gasteiger partial charge in [0.15, 0.2) is 5.96 Å². The lowest BCUT2D eigenvalue weighted by atomic mass is 9.93. The van der Waals surface area contributed by atoms with Crippen LogP contribution in [0.5, 0.6) is 0 Å². The SMILES string of the molecule is CN=C(NCC1(c2ccccc2)CC1)N1CCC(C)C(n2ccnc2)C1. The topological polar surface area (TPSA) is 45.5 Å². The van der Waals surface area contributed by atoms with Crippen molar-refractivity contribution in [2.75, 3.05) is 26.7 Å². The van der Waals surface area contributed by atoms with Crippen molar-refractivity contribution in [2.45, 2.75) is 37.6 Å². The number of hydrogen-bond donors (Lipinski definition) is 1. The van der Waals surface area contributed by atoms with Crippen LogP contribution in [0.2, 0.25) is 0 Å². The molecule has 0 spiro atoms. The summed E-state index contributed by atoms with van der Waals surface area (Å²) in [6.45, 7) is 5.35. The van der Waals surface area contributed by atoms with Crippen molar-refractivity contribution >= 4 is 5.96 Å². The Kier molecular flexibility index (Phi) is 4.70. The number of nitrogens with zero attached hydrogens (tertiary/aromatic N) is 4. The second-order valence-corrected chi connectivity index (χ2v) is 7.84. The molecule has 2 unspecified atom stereocenters. The average molecular weight is 351 g/mol. The third-order valence-corrected chi connectivity index (χ3v) is 6.16. The maximum absolute atomic E-state index is 4.58. The Hall–Kier alpha value is -2.30. The van der Waals surface area contributed by atoms with E-state index >= 15 is 0 Å². The van der Waals surface area contributed by atoms with E-state index in [1.54, 1.807) is 0 Å². The molecule has 2 fully saturated rings. The van der Waals surface area contributed by atoms with E-state index < -0.39 is 0 Å². The summed E-state index contributed by atoms with van der Waals surface area (Å²) in [6, 6.07) is 11.4. The lowest BCUT2D eigenvalue weighted by Crippen LogP contribution is -2.50. The van der Waals surface area contributed by atoms with Crippen LogP contribution >= 0.6 is 0 Å². The van der Waals surface area contributed by atoms with E-state index in [0.29, 0.717) is 17.4 Å². The maximum Gasteiger partial charge on any atom is 0.193 e. The van der Waals surface area contributed by atoms with E-state index in [9.17, 15) is 0 Å². The van der Waals surface area contributed by atoms with Crippen LogP contribution in [-0.4, -0.2) is 47.1 Å². The van der Waals surface area contributed by atoms with Crippen molar-refractivity contribution in [3.63, 3.8) is 0 Å². The van der Waals surface area contributed by atoms with Gasteiger partial charge < -0.3 is 14.8 Å². The van der Waals surface area contributed by atoms with E-state index in [-0.39, 0.29) is 0 Å². The number of aromatic nitrogens is 2. The van der Waals surface area contributed by atoms with Crippen molar-refractivity contribution in [3.8, 4) is 0 Å². The first kappa shape index (κ1) is 17.1. The fourth-order valence-corrected chi connectivity index (χ4v) is 4.19. The number of guanidine groups is 1. The molecule has 2 heterocycles. The molecular formula is C21H29N5. The molecule has 5 nitrogen and oxygen atoms in total. The Morgan fingerprint density at radius 2 is 2.12 bits per heavy atom. The highest BCUT2D eigenvalue weighted by molar-refractivity contribution is 5.80. The van der Waals surface area contributed by atoms with Crippen LogP contribution in [0.1, 0.15) is 37.8 Å². The van der Waals surface area contributed by atoms with E-state index in [4.69, 9.17) is 0 Å². The molecule has 1 aromatic carbocycles. The van der Waals surface area contributed by atoms with Gasteiger partial charge in [0.1, 0.15) is 0 Å². The lowest BCUT2D eigenvalue weighted by molar-refractivity contribution is 0.189. The molecule has 4 rings (SSSR count). The van der Waals surface area contributed by atoms with Gasteiger partial charge in [0, 0.05) is 44.5 Å². The van der Waals surface area contributed by atoms with Crippen molar-refractivity contribution in [1.82, 2.24) is 19.8 Å². The number of benzene rings is 1. The molecular weight excluding hydrogens is 322 g/mol. The standard InChI is InChI=1S/C21H29N5/c1-17-8-12-25(14-19(17)26-13-11-23-16-26)20(22-2)24-15-21(9-10-21)18-6-4-3-5-7-18/h3-7,11,13,16-17,19H,8-10,12,14-15H2,1-2H3,(H,22,24). The zero-order chi connectivity index (χ0) is 18.0. The number of piperidine rings is 1. The Morgan fingerprint density at radius 1 is 1.31 bits per heavy atom. The molecule has 1 aromatic heterocycles. The molecule has 1 saturated heterocycles. The van der Waals surface area contributed by atoms with Crippen molar-refractivity contribution in [1.29, 1.82) is 0 Å². The van der Waals surface area contributed by atoms with E-state index in [1.165, 1.54) is 24.8 Å². The number of hydrogen-bond acceptors (Lipinski definition) is 2. The lowest BCUT2D eigenvalue weighted by Gasteiger charge is -2.39. The van der Waals surface area contributed by atoms with Gasteiger partial charge in [-0.05, 0) is 30.7 Å². The number of likely N-dealkylation sites (tertiary alicyclic amines) is 1. The Bertz CT molecular complexity index is 733. The smallest absolute Gasteiger partial charge is 0.193 e. The fourth-order valence-electron chi connectivity index (χ4n) is 4.19. The number of nitrogens with one attached hydrogen (secondary N) is 1. The molecule has 1 saturated carbocycles. The molecule has 1 aliphatic heterocycles. The second kappa shape index (κ2) is 7.14. The summed E-state index contributed by atoms with van der Waals surface area (Å²) < 4.78 is 2.25. The molecule has 0 amide bonds. The van der Waals surface area contributed by atoms with E-state index in [0.717, 1.165) is 25.6 Å². The molecule has 0 radical (unpaired) electrons. The minimum Gasteiger partial charge on any atom is -0.355 e. The molecule has 2 aromatic rings. The highest BCUT2D eigenvalue weighted by Gasteiger charge is 2.44. The summed E-state index contributed by atoms with van der Waals surface area (Å²) >= 11 is 0. The fraction of sp³-hybridized carbons (Fsp3) is 0.524.